The minimum atomic E-state index is -0.971. The molecule has 18 heavy (non-hydrogen) atoms. The van der Waals surface area contributed by atoms with E-state index in [1.807, 2.05) is 31.4 Å². The Hall–Kier alpha value is -2.01. The number of fused-ring (bicyclic) bond motifs is 1. The van der Waals surface area contributed by atoms with Crippen LogP contribution >= 0.6 is 0 Å². The molecule has 0 aliphatic carbocycles. The van der Waals surface area contributed by atoms with Gasteiger partial charge in [0.05, 0.1) is 5.52 Å². The molecular weight excluding hydrogens is 232 g/mol. The van der Waals surface area contributed by atoms with E-state index in [1.54, 1.807) is 6.07 Å². The smallest absolute Gasteiger partial charge is 0.341 e. The van der Waals surface area contributed by atoms with Crippen LogP contribution in [-0.2, 0) is 11.3 Å². The standard InChI is InChI=1S/C13H16N2O3/c1-14-6-8-15-7-5-10-11(15)3-2-4-12(10)18-9-13(16)17/h2-5,7,14H,6,8-9H2,1H3,(H,16,17). The molecule has 0 fully saturated rings. The minimum Gasteiger partial charge on any atom is -0.481 e. The number of aromatic nitrogens is 1. The summed E-state index contributed by atoms with van der Waals surface area (Å²) in [5.74, 6) is -0.361. The predicted octanol–water partition coefficient (Wildman–Crippen LogP) is 1.32. The van der Waals surface area contributed by atoms with Crippen LogP contribution in [0, 0.1) is 0 Å². The second kappa shape index (κ2) is 5.55. The van der Waals surface area contributed by atoms with Crippen LogP contribution in [0.25, 0.3) is 10.9 Å². The Bertz CT molecular complexity index is 548. The first-order valence-corrected chi connectivity index (χ1v) is 5.79. The van der Waals surface area contributed by atoms with E-state index in [-0.39, 0.29) is 6.61 Å². The quantitative estimate of drug-likeness (QED) is 0.809. The normalized spacial score (nSPS) is 10.7. The van der Waals surface area contributed by atoms with Crippen molar-refractivity contribution in [3.05, 3.63) is 30.5 Å². The second-order valence-electron chi connectivity index (χ2n) is 3.98. The molecule has 5 nitrogen and oxygen atoms in total. The second-order valence-corrected chi connectivity index (χ2v) is 3.98. The fourth-order valence-corrected chi connectivity index (χ4v) is 1.89. The number of hydrogen-bond donors (Lipinski definition) is 2. The number of ether oxygens (including phenoxy) is 1. The van der Waals surface area contributed by atoms with Gasteiger partial charge in [-0.2, -0.15) is 0 Å². The lowest BCUT2D eigenvalue weighted by Gasteiger charge is -2.07. The molecule has 0 radical (unpaired) electrons. The molecule has 0 amide bonds. The molecule has 0 unspecified atom stereocenters. The van der Waals surface area contributed by atoms with Crippen molar-refractivity contribution in [1.82, 2.24) is 9.88 Å². The average Bonchev–Trinajstić information content (AvgIpc) is 2.77. The Morgan fingerprint density at radius 3 is 3.00 bits per heavy atom. The fraction of sp³-hybridized carbons (Fsp3) is 0.308. The van der Waals surface area contributed by atoms with Crippen molar-refractivity contribution in [2.24, 2.45) is 0 Å². The van der Waals surface area contributed by atoms with Crippen LogP contribution < -0.4 is 10.1 Å². The topological polar surface area (TPSA) is 63.5 Å². The summed E-state index contributed by atoms with van der Waals surface area (Å²) in [7, 11) is 1.91. The van der Waals surface area contributed by atoms with Crippen LogP contribution in [-0.4, -0.2) is 35.8 Å². The highest BCUT2D eigenvalue weighted by Crippen LogP contribution is 2.26. The molecule has 0 spiro atoms. The van der Waals surface area contributed by atoms with Crippen molar-refractivity contribution in [3.63, 3.8) is 0 Å². The summed E-state index contributed by atoms with van der Waals surface area (Å²) in [6, 6.07) is 7.60. The summed E-state index contributed by atoms with van der Waals surface area (Å²) < 4.78 is 7.38. The van der Waals surface area contributed by atoms with Crippen LogP contribution in [0.2, 0.25) is 0 Å². The Morgan fingerprint density at radius 2 is 2.28 bits per heavy atom. The molecule has 1 heterocycles. The predicted molar refractivity (Wildman–Crippen MR) is 69.0 cm³/mol. The highest BCUT2D eigenvalue weighted by Gasteiger charge is 2.07. The zero-order valence-corrected chi connectivity index (χ0v) is 10.2. The molecule has 1 aromatic heterocycles. The number of carbonyl (C=O) groups is 1. The molecule has 5 heteroatoms. The van der Waals surface area contributed by atoms with Crippen molar-refractivity contribution in [3.8, 4) is 5.75 Å². The molecule has 0 atom stereocenters. The van der Waals surface area contributed by atoms with Gasteiger partial charge < -0.3 is 19.7 Å². The molecule has 2 rings (SSSR count). The average molecular weight is 248 g/mol. The lowest BCUT2D eigenvalue weighted by atomic mass is 10.2. The monoisotopic (exact) mass is 248 g/mol. The number of likely N-dealkylation sites (N-methyl/N-ethyl adjacent to an activating group) is 1. The molecule has 0 saturated carbocycles. The number of nitrogens with one attached hydrogen (secondary N) is 1. The van der Waals surface area contributed by atoms with Crippen molar-refractivity contribution >= 4 is 16.9 Å². The summed E-state index contributed by atoms with van der Waals surface area (Å²) in [4.78, 5) is 10.5. The number of hydrogen-bond acceptors (Lipinski definition) is 3. The lowest BCUT2D eigenvalue weighted by molar-refractivity contribution is -0.139. The van der Waals surface area contributed by atoms with Gasteiger partial charge in [-0.1, -0.05) is 6.07 Å². The molecular formula is C13H16N2O3. The Kier molecular flexibility index (Phi) is 3.84. The number of aliphatic carboxylic acids is 1. The number of carboxylic acid groups (broad SMARTS) is 1. The molecule has 0 saturated heterocycles. The summed E-state index contributed by atoms with van der Waals surface area (Å²) in [6.07, 6.45) is 1.98. The Labute approximate surface area is 105 Å². The van der Waals surface area contributed by atoms with Crippen LogP contribution in [0.1, 0.15) is 0 Å². The lowest BCUT2D eigenvalue weighted by Crippen LogP contribution is -2.14. The van der Waals surface area contributed by atoms with Crippen molar-refractivity contribution in [2.75, 3.05) is 20.2 Å². The van der Waals surface area contributed by atoms with E-state index in [9.17, 15) is 4.79 Å². The maximum absolute atomic E-state index is 10.5. The SMILES string of the molecule is CNCCn1ccc2c(OCC(=O)O)cccc21. The molecule has 0 aliphatic heterocycles. The summed E-state index contributed by atoms with van der Waals surface area (Å²) >= 11 is 0. The third-order valence-electron chi connectivity index (χ3n) is 2.73. The Morgan fingerprint density at radius 1 is 1.44 bits per heavy atom. The van der Waals surface area contributed by atoms with E-state index in [4.69, 9.17) is 9.84 Å². The highest BCUT2D eigenvalue weighted by molar-refractivity contribution is 5.86. The first kappa shape index (κ1) is 12.4. The van der Waals surface area contributed by atoms with Gasteiger partial charge in [0, 0.05) is 24.7 Å². The van der Waals surface area contributed by atoms with Gasteiger partial charge in [0.25, 0.3) is 0 Å². The maximum atomic E-state index is 10.5. The molecule has 0 aliphatic rings. The van der Waals surface area contributed by atoms with E-state index in [0.717, 1.165) is 24.0 Å². The number of nitrogens with zero attached hydrogens (tertiary/aromatic N) is 1. The molecule has 96 valence electrons. The number of carboxylic acids is 1. The van der Waals surface area contributed by atoms with E-state index in [1.165, 1.54) is 0 Å². The van der Waals surface area contributed by atoms with Gasteiger partial charge in [0.2, 0.25) is 0 Å². The zero-order chi connectivity index (χ0) is 13.0. The van der Waals surface area contributed by atoms with Crippen molar-refractivity contribution in [2.45, 2.75) is 6.54 Å². The highest BCUT2D eigenvalue weighted by atomic mass is 16.5. The third kappa shape index (κ3) is 2.62. The van der Waals surface area contributed by atoms with Gasteiger partial charge in [-0.25, -0.2) is 4.79 Å². The fourth-order valence-electron chi connectivity index (χ4n) is 1.89. The molecule has 2 aromatic rings. The third-order valence-corrected chi connectivity index (χ3v) is 2.73. The molecule has 1 aromatic carbocycles. The number of benzene rings is 1. The maximum Gasteiger partial charge on any atom is 0.341 e. The van der Waals surface area contributed by atoms with Gasteiger partial charge in [0.15, 0.2) is 6.61 Å². The van der Waals surface area contributed by atoms with Gasteiger partial charge in [0.1, 0.15) is 5.75 Å². The van der Waals surface area contributed by atoms with E-state index in [0.29, 0.717) is 5.75 Å². The number of rotatable bonds is 6. The van der Waals surface area contributed by atoms with Crippen molar-refractivity contribution in [1.29, 1.82) is 0 Å². The van der Waals surface area contributed by atoms with Gasteiger partial charge >= 0.3 is 5.97 Å². The first-order chi connectivity index (χ1) is 8.72. The van der Waals surface area contributed by atoms with Crippen LogP contribution in [0.15, 0.2) is 30.5 Å². The minimum absolute atomic E-state index is 0.319. The first-order valence-electron chi connectivity index (χ1n) is 5.79. The summed E-state index contributed by atoms with van der Waals surface area (Å²) in [5, 5.41) is 12.7. The molecule has 0 bridgehead atoms. The van der Waals surface area contributed by atoms with Crippen molar-refractivity contribution < 1.29 is 14.6 Å². The summed E-state index contributed by atoms with van der Waals surface area (Å²) in [5.41, 5.74) is 1.05. The van der Waals surface area contributed by atoms with Crippen LogP contribution in [0.3, 0.4) is 0 Å². The largest absolute Gasteiger partial charge is 0.481 e. The zero-order valence-electron chi connectivity index (χ0n) is 10.2. The Balaban J connectivity index is 2.27. The van der Waals surface area contributed by atoms with E-state index < -0.39 is 5.97 Å². The van der Waals surface area contributed by atoms with Crippen LogP contribution in [0.4, 0.5) is 0 Å². The van der Waals surface area contributed by atoms with E-state index >= 15 is 0 Å². The van der Waals surface area contributed by atoms with Gasteiger partial charge in [-0.3, -0.25) is 0 Å². The molecule has 2 N–H and O–H groups in total. The van der Waals surface area contributed by atoms with Crippen LogP contribution in [0.5, 0.6) is 5.75 Å². The summed E-state index contributed by atoms with van der Waals surface area (Å²) in [6.45, 7) is 1.42. The van der Waals surface area contributed by atoms with Gasteiger partial charge in [-0.15, -0.1) is 0 Å². The van der Waals surface area contributed by atoms with Gasteiger partial charge in [-0.05, 0) is 25.2 Å². The van der Waals surface area contributed by atoms with E-state index in [2.05, 4.69) is 9.88 Å².